The van der Waals surface area contributed by atoms with Gasteiger partial charge in [-0.05, 0) is 18.2 Å². The Hall–Kier alpha value is -3.22. The van der Waals surface area contributed by atoms with Crippen molar-refractivity contribution in [1.82, 2.24) is 15.0 Å². The van der Waals surface area contributed by atoms with Crippen molar-refractivity contribution < 1.29 is 4.79 Å². The Bertz CT molecular complexity index is 977. The minimum absolute atomic E-state index is 0.333. The van der Waals surface area contributed by atoms with Crippen LogP contribution in [0.5, 0.6) is 0 Å². The molecule has 7 nitrogen and oxygen atoms in total. The number of fused-ring (bicyclic) bond motifs is 2. The van der Waals surface area contributed by atoms with Crippen LogP contribution in [0.15, 0.2) is 48.8 Å². The summed E-state index contributed by atoms with van der Waals surface area (Å²) in [6.45, 7) is 1.82. The van der Waals surface area contributed by atoms with Crippen molar-refractivity contribution in [2.45, 2.75) is 6.04 Å². The van der Waals surface area contributed by atoms with E-state index in [1.165, 1.54) is 12.4 Å². The smallest absolute Gasteiger partial charge is 0.251 e. The molecule has 1 saturated heterocycles. The molecule has 0 radical (unpaired) electrons. The fraction of sp³-hybridized carbons (Fsp3) is 0.263. The van der Waals surface area contributed by atoms with E-state index in [0.29, 0.717) is 29.4 Å². The Morgan fingerprint density at radius 2 is 1.81 bits per heavy atom. The summed E-state index contributed by atoms with van der Waals surface area (Å²) in [6.07, 6.45) is 2.98. The van der Waals surface area contributed by atoms with Crippen molar-refractivity contribution in [1.29, 1.82) is 0 Å². The van der Waals surface area contributed by atoms with E-state index < -0.39 is 5.91 Å². The third kappa shape index (κ3) is 2.52. The lowest BCUT2D eigenvalue weighted by Crippen LogP contribution is -2.29. The van der Waals surface area contributed by atoms with Crippen molar-refractivity contribution in [3.05, 3.63) is 54.4 Å². The van der Waals surface area contributed by atoms with Crippen molar-refractivity contribution in [2.75, 3.05) is 23.3 Å². The summed E-state index contributed by atoms with van der Waals surface area (Å²) >= 11 is 0. The average Bonchev–Trinajstić information content (AvgIpc) is 3.11. The highest BCUT2D eigenvalue weighted by Crippen LogP contribution is 2.47. The Morgan fingerprint density at radius 1 is 1.08 bits per heavy atom. The van der Waals surface area contributed by atoms with Crippen LogP contribution in [0.3, 0.4) is 0 Å². The second-order valence-electron chi connectivity index (χ2n) is 6.93. The van der Waals surface area contributed by atoms with Gasteiger partial charge in [-0.15, -0.1) is 0 Å². The molecular formula is C19H18N6O. The standard InChI is InChI=1S/C19H18N6O/c20-18(26)12-7-21-19(22-8-12)25-9-13-14(10-25)17(13)24-16-6-5-11-3-1-2-4-15(11)23-16/h1-8,13-14,17H,9-10H2,(H2,20,26)(H,23,24). The number of benzene rings is 1. The molecular weight excluding hydrogens is 328 g/mol. The number of rotatable bonds is 4. The van der Waals surface area contributed by atoms with Crippen molar-refractivity contribution in [3.8, 4) is 0 Å². The molecule has 3 heterocycles. The third-order valence-electron chi connectivity index (χ3n) is 5.31. The lowest BCUT2D eigenvalue weighted by Gasteiger charge is -2.20. The fourth-order valence-electron chi connectivity index (χ4n) is 3.83. The average molecular weight is 346 g/mol. The van der Waals surface area contributed by atoms with Gasteiger partial charge in [0.2, 0.25) is 5.95 Å². The van der Waals surface area contributed by atoms with Gasteiger partial charge in [-0.2, -0.15) is 0 Å². The quantitative estimate of drug-likeness (QED) is 0.746. The molecule has 3 aromatic rings. The minimum Gasteiger partial charge on any atom is -0.367 e. The second-order valence-corrected chi connectivity index (χ2v) is 6.93. The Labute approximate surface area is 150 Å². The normalized spacial score (nSPS) is 23.7. The summed E-state index contributed by atoms with van der Waals surface area (Å²) in [5, 5.41) is 4.72. The largest absolute Gasteiger partial charge is 0.367 e. The number of pyridine rings is 1. The lowest BCUT2D eigenvalue weighted by molar-refractivity contribution is 0.0999. The minimum atomic E-state index is -0.507. The summed E-state index contributed by atoms with van der Waals surface area (Å²) in [5.41, 5.74) is 6.57. The van der Waals surface area contributed by atoms with Gasteiger partial charge >= 0.3 is 0 Å². The van der Waals surface area contributed by atoms with Gasteiger partial charge in [-0.1, -0.05) is 18.2 Å². The van der Waals surface area contributed by atoms with E-state index in [4.69, 9.17) is 10.7 Å². The molecule has 2 aromatic heterocycles. The molecule has 0 bridgehead atoms. The number of nitrogens with zero attached hydrogens (tertiary/aromatic N) is 4. The first-order valence-corrected chi connectivity index (χ1v) is 8.68. The first-order valence-electron chi connectivity index (χ1n) is 8.68. The van der Waals surface area contributed by atoms with E-state index in [1.807, 2.05) is 24.3 Å². The van der Waals surface area contributed by atoms with Crippen molar-refractivity contribution in [3.63, 3.8) is 0 Å². The highest BCUT2D eigenvalue weighted by molar-refractivity contribution is 5.92. The molecule has 1 saturated carbocycles. The number of hydrogen-bond donors (Lipinski definition) is 2. The maximum atomic E-state index is 11.1. The van der Waals surface area contributed by atoms with Gasteiger partial charge in [-0.25, -0.2) is 15.0 Å². The number of piperidine rings is 1. The summed E-state index contributed by atoms with van der Waals surface area (Å²) in [7, 11) is 0. The zero-order chi connectivity index (χ0) is 17.7. The van der Waals surface area contributed by atoms with Crippen molar-refractivity contribution >= 4 is 28.6 Å². The highest BCUT2D eigenvalue weighted by atomic mass is 16.1. The van der Waals surface area contributed by atoms with Crippen LogP contribution in [0.25, 0.3) is 10.9 Å². The Morgan fingerprint density at radius 3 is 2.54 bits per heavy atom. The maximum absolute atomic E-state index is 11.1. The summed E-state index contributed by atoms with van der Waals surface area (Å²) in [5.74, 6) is 2.22. The zero-order valence-electron chi connectivity index (χ0n) is 14.0. The number of para-hydroxylation sites is 1. The van der Waals surface area contributed by atoms with Gasteiger partial charge in [0.15, 0.2) is 0 Å². The van der Waals surface area contributed by atoms with E-state index in [-0.39, 0.29) is 0 Å². The van der Waals surface area contributed by atoms with Gasteiger partial charge in [0.25, 0.3) is 5.91 Å². The zero-order valence-corrected chi connectivity index (χ0v) is 14.0. The van der Waals surface area contributed by atoms with E-state index in [9.17, 15) is 4.79 Å². The number of aromatic nitrogens is 3. The third-order valence-corrected chi connectivity index (χ3v) is 5.31. The highest BCUT2D eigenvalue weighted by Gasteiger charge is 2.56. The number of nitrogens with two attached hydrogens (primary N) is 1. The fourth-order valence-corrected chi connectivity index (χ4v) is 3.83. The van der Waals surface area contributed by atoms with Crippen LogP contribution in [-0.2, 0) is 0 Å². The SMILES string of the molecule is NC(=O)c1cnc(N2CC3C(C2)C3Nc2ccc3ccccc3n2)nc1. The number of carbonyl (C=O) groups is 1. The molecule has 0 spiro atoms. The maximum Gasteiger partial charge on any atom is 0.251 e. The van der Waals surface area contributed by atoms with Crippen molar-refractivity contribution in [2.24, 2.45) is 17.6 Å². The van der Waals surface area contributed by atoms with E-state index in [2.05, 4.69) is 32.3 Å². The molecule has 3 N–H and O–H groups in total. The topological polar surface area (TPSA) is 97.0 Å². The van der Waals surface area contributed by atoms with Crippen LogP contribution in [-0.4, -0.2) is 40.0 Å². The molecule has 2 fully saturated rings. The predicted molar refractivity (Wildman–Crippen MR) is 98.9 cm³/mol. The molecule has 26 heavy (non-hydrogen) atoms. The van der Waals surface area contributed by atoms with Crippen LogP contribution in [0, 0.1) is 11.8 Å². The van der Waals surface area contributed by atoms with Gasteiger partial charge in [0.05, 0.1) is 11.1 Å². The van der Waals surface area contributed by atoms with E-state index in [1.54, 1.807) is 0 Å². The number of anilines is 2. The molecule has 2 unspecified atom stereocenters. The molecule has 1 aromatic carbocycles. The van der Waals surface area contributed by atoms with Gasteiger partial charge in [0.1, 0.15) is 5.82 Å². The monoisotopic (exact) mass is 346 g/mol. The molecule has 1 aliphatic carbocycles. The lowest BCUT2D eigenvalue weighted by atomic mass is 10.2. The molecule has 7 heteroatoms. The first-order chi connectivity index (χ1) is 12.7. The van der Waals surface area contributed by atoms with E-state index >= 15 is 0 Å². The Kier molecular flexibility index (Phi) is 3.28. The number of amides is 1. The van der Waals surface area contributed by atoms with Gasteiger partial charge in [-0.3, -0.25) is 4.79 Å². The molecule has 2 atom stereocenters. The van der Waals surface area contributed by atoms with Crippen LogP contribution in [0.1, 0.15) is 10.4 Å². The molecule has 1 amide bonds. The van der Waals surface area contributed by atoms with Crippen LogP contribution in [0.4, 0.5) is 11.8 Å². The van der Waals surface area contributed by atoms with Gasteiger partial charge < -0.3 is 16.0 Å². The molecule has 1 aliphatic heterocycles. The number of carbonyl (C=O) groups excluding carboxylic acids is 1. The molecule has 2 aliphatic rings. The number of nitrogens with one attached hydrogen (secondary N) is 1. The number of hydrogen-bond acceptors (Lipinski definition) is 6. The summed E-state index contributed by atoms with van der Waals surface area (Å²) < 4.78 is 0. The van der Waals surface area contributed by atoms with Crippen LogP contribution in [0.2, 0.25) is 0 Å². The molecule has 130 valence electrons. The van der Waals surface area contributed by atoms with E-state index in [0.717, 1.165) is 29.8 Å². The first kappa shape index (κ1) is 15.1. The van der Waals surface area contributed by atoms with Gasteiger partial charge in [0, 0.05) is 48.7 Å². The van der Waals surface area contributed by atoms with Crippen LogP contribution >= 0.6 is 0 Å². The summed E-state index contributed by atoms with van der Waals surface area (Å²) in [4.78, 5) is 26.5. The van der Waals surface area contributed by atoms with Crippen LogP contribution < -0.4 is 16.0 Å². The Balaban J connectivity index is 1.24. The summed E-state index contributed by atoms with van der Waals surface area (Å²) in [6, 6.07) is 12.7. The molecule has 5 rings (SSSR count). The number of primary amides is 1. The second kappa shape index (κ2) is 5.66. The predicted octanol–water partition coefficient (Wildman–Crippen LogP) is 1.67.